The fraction of sp³-hybridized carbons (Fsp3) is 0.143. The fourth-order valence-corrected chi connectivity index (χ4v) is 1.97. The Kier molecular flexibility index (Phi) is 3.34. The van der Waals surface area contributed by atoms with Crippen molar-refractivity contribution in [2.24, 2.45) is 0 Å². The molecule has 0 aliphatic rings. The number of fused-ring (bicyclic) bond motifs is 1. The Balaban J connectivity index is 2.05. The van der Waals surface area contributed by atoms with Gasteiger partial charge in [-0.1, -0.05) is 5.10 Å². The van der Waals surface area contributed by atoms with Crippen LogP contribution in [0.1, 0.15) is 16.2 Å². The molecule has 8 heteroatoms. The second kappa shape index (κ2) is 5.32. The molecule has 1 amide bonds. The Bertz CT molecular complexity index is 912. The number of aryl methyl sites for hydroxylation is 1. The van der Waals surface area contributed by atoms with Gasteiger partial charge >= 0.3 is 11.6 Å². The molecule has 1 aromatic carbocycles. The monoisotopic (exact) mass is 301 g/mol. The van der Waals surface area contributed by atoms with Crippen LogP contribution >= 0.6 is 0 Å². The van der Waals surface area contributed by atoms with Crippen LogP contribution in [0.3, 0.4) is 0 Å². The van der Waals surface area contributed by atoms with E-state index in [9.17, 15) is 9.59 Å². The highest BCUT2D eigenvalue weighted by Crippen LogP contribution is 2.23. The predicted molar refractivity (Wildman–Crippen MR) is 76.0 cm³/mol. The lowest BCUT2D eigenvalue weighted by Crippen LogP contribution is -2.15. The number of benzene rings is 1. The highest BCUT2D eigenvalue weighted by atomic mass is 16.5. The van der Waals surface area contributed by atoms with Crippen molar-refractivity contribution in [1.29, 1.82) is 0 Å². The minimum atomic E-state index is -0.646. The Labute approximate surface area is 123 Å². The van der Waals surface area contributed by atoms with Gasteiger partial charge in [-0.3, -0.25) is 10.1 Å². The molecule has 0 fully saturated rings. The van der Waals surface area contributed by atoms with E-state index >= 15 is 0 Å². The van der Waals surface area contributed by atoms with E-state index in [1.165, 1.54) is 13.2 Å². The summed E-state index contributed by atoms with van der Waals surface area (Å²) in [7, 11) is 1.49. The molecule has 0 unspecified atom stereocenters. The molecule has 0 saturated heterocycles. The number of amides is 1. The summed E-state index contributed by atoms with van der Waals surface area (Å²) in [6.07, 6.45) is 0. The van der Waals surface area contributed by atoms with Gasteiger partial charge in [-0.05, 0) is 12.1 Å². The van der Waals surface area contributed by atoms with Crippen molar-refractivity contribution in [1.82, 2.24) is 10.2 Å². The first-order valence-electron chi connectivity index (χ1n) is 6.30. The lowest BCUT2D eigenvalue weighted by molar-refractivity contribution is 0.102. The third kappa shape index (κ3) is 2.53. The molecule has 112 valence electrons. The first kappa shape index (κ1) is 13.8. The van der Waals surface area contributed by atoms with Crippen LogP contribution in [0.25, 0.3) is 11.0 Å². The molecule has 0 aliphatic heterocycles. The smallest absolute Gasteiger partial charge is 0.337 e. The molecule has 3 aromatic rings. The summed E-state index contributed by atoms with van der Waals surface area (Å²) in [4.78, 5) is 23.9. The molecule has 2 aromatic heterocycles. The topological polar surface area (TPSA) is 107 Å². The van der Waals surface area contributed by atoms with E-state index in [1.54, 1.807) is 19.1 Å². The molecule has 1 N–H and O–H groups in total. The third-order valence-electron chi connectivity index (χ3n) is 2.94. The molecule has 3 rings (SSSR count). The zero-order chi connectivity index (χ0) is 15.7. The minimum absolute atomic E-state index is 0.0441. The van der Waals surface area contributed by atoms with Gasteiger partial charge in [0, 0.05) is 24.4 Å². The van der Waals surface area contributed by atoms with Crippen LogP contribution < -0.4 is 15.7 Å². The maximum atomic E-state index is 12.3. The van der Waals surface area contributed by atoms with Gasteiger partial charge in [0.1, 0.15) is 11.3 Å². The zero-order valence-electron chi connectivity index (χ0n) is 11.7. The highest BCUT2D eigenvalue weighted by molar-refractivity contribution is 6.11. The van der Waals surface area contributed by atoms with E-state index in [0.29, 0.717) is 17.0 Å². The van der Waals surface area contributed by atoms with E-state index in [-0.39, 0.29) is 17.2 Å². The largest absolute Gasteiger partial charge is 0.497 e. The van der Waals surface area contributed by atoms with E-state index in [4.69, 9.17) is 13.6 Å². The van der Waals surface area contributed by atoms with E-state index in [0.717, 1.165) is 6.07 Å². The van der Waals surface area contributed by atoms with E-state index in [2.05, 4.69) is 15.5 Å². The summed E-state index contributed by atoms with van der Waals surface area (Å²) in [5, 5.41) is 10.2. The second-order valence-corrected chi connectivity index (χ2v) is 4.42. The average molecular weight is 301 g/mol. The van der Waals surface area contributed by atoms with Gasteiger partial charge in [0.2, 0.25) is 5.89 Å². The number of hydrogen-bond acceptors (Lipinski definition) is 7. The second-order valence-electron chi connectivity index (χ2n) is 4.42. The van der Waals surface area contributed by atoms with Crippen LogP contribution in [-0.2, 0) is 0 Å². The van der Waals surface area contributed by atoms with Crippen LogP contribution in [0.2, 0.25) is 0 Å². The zero-order valence-corrected chi connectivity index (χ0v) is 11.7. The molecule has 22 heavy (non-hydrogen) atoms. The molecule has 0 spiro atoms. The number of nitrogens with one attached hydrogen (secondary N) is 1. The number of ether oxygens (including phenoxy) is 1. The average Bonchev–Trinajstić information content (AvgIpc) is 2.90. The third-order valence-corrected chi connectivity index (χ3v) is 2.94. The number of carbonyl (C=O) groups excluding carboxylic acids is 1. The molecular formula is C14H11N3O5. The molecule has 0 radical (unpaired) electrons. The van der Waals surface area contributed by atoms with Crippen molar-refractivity contribution >= 4 is 22.9 Å². The van der Waals surface area contributed by atoms with Gasteiger partial charge in [-0.25, -0.2) is 4.79 Å². The number of nitrogens with zero attached hydrogens (tertiary/aromatic N) is 2. The summed E-state index contributed by atoms with van der Waals surface area (Å²) in [6.45, 7) is 1.60. The van der Waals surface area contributed by atoms with Gasteiger partial charge in [0.15, 0.2) is 0 Å². The van der Waals surface area contributed by atoms with Crippen molar-refractivity contribution in [2.45, 2.75) is 6.92 Å². The summed E-state index contributed by atoms with van der Waals surface area (Å²) in [6, 6.07) is 5.89. The number of rotatable bonds is 3. The van der Waals surface area contributed by atoms with Crippen LogP contribution in [0.4, 0.5) is 6.01 Å². The summed E-state index contributed by atoms with van der Waals surface area (Å²) in [5.74, 6) is 0.282. The van der Waals surface area contributed by atoms with Gasteiger partial charge in [0.05, 0.1) is 12.7 Å². The number of methoxy groups -OCH3 is 1. The summed E-state index contributed by atoms with van der Waals surface area (Å²) in [5.41, 5.74) is -0.254. The number of hydrogen-bond donors (Lipinski definition) is 1. The van der Waals surface area contributed by atoms with Gasteiger partial charge < -0.3 is 13.6 Å². The minimum Gasteiger partial charge on any atom is -0.497 e. The first-order chi connectivity index (χ1) is 10.6. The summed E-state index contributed by atoms with van der Waals surface area (Å²) >= 11 is 0. The standard InChI is InChI=1S/C14H11N3O5/c1-7-16-17-14(21-7)15-13(19)10-6-12(18)22-11-5-8(20-2)3-4-9(10)11/h3-6H,1-2H3,(H,15,17,19). The Morgan fingerprint density at radius 3 is 2.73 bits per heavy atom. The SMILES string of the molecule is COc1ccc2c(C(=O)Nc3nnc(C)o3)cc(=O)oc2c1. The molecule has 2 heterocycles. The maximum Gasteiger partial charge on any atom is 0.337 e. The molecular weight excluding hydrogens is 290 g/mol. The lowest BCUT2D eigenvalue weighted by Gasteiger charge is -2.06. The van der Waals surface area contributed by atoms with E-state index < -0.39 is 11.5 Å². The molecule has 0 atom stereocenters. The van der Waals surface area contributed by atoms with Crippen molar-refractivity contribution in [3.05, 3.63) is 46.1 Å². The maximum absolute atomic E-state index is 12.3. The van der Waals surface area contributed by atoms with Crippen LogP contribution in [-0.4, -0.2) is 23.2 Å². The molecule has 0 saturated carbocycles. The van der Waals surface area contributed by atoms with E-state index in [1.807, 2.05) is 0 Å². The van der Waals surface area contributed by atoms with Crippen LogP contribution in [0.15, 0.2) is 37.9 Å². The van der Waals surface area contributed by atoms with Crippen molar-refractivity contribution in [2.75, 3.05) is 12.4 Å². The number of anilines is 1. The van der Waals surface area contributed by atoms with Gasteiger partial charge in [0.25, 0.3) is 5.91 Å². The predicted octanol–water partition coefficient (Wildman–Crippen LogP) is 1.75. The van der Waals surface area contributed by atoms with Gasteiger partial charge in [-0.15, -0.1) is 5.10 Å². The molecule has 8 nitrogen and oxygen atoms in total. The van der Waals surface area contributed by atoms with Gasteiger partial charge in [-0.2, -0.15) is 0 Å². The molecule has 0 aliphatic carbocycles. The molecule has 0 bridgehead atoms. The Morgan fingerprint density at radius 2 is 2.05 bits per heavy atom. The quantitative estimate of drug-likeness (QED) is 0.734. The Morgan fingerprint density at radius 1 is 1.23 bits per heavy atom. The number of carbonyl (C=O) groups is 1. The highest BCUT2D eigenvalue weighted by Gasteiger charge is 2.16. The lowest BCUT2D eigenvalue weighted by atomic mass is 10.1. The first-order valence-corrected chi connectivity index (χ1v) is 6.30. The van der Waals surface area contributed by atoms with Crippen LogP contribution in [0, 0.1) is 6.92 Å². The Hall–Kier alpha value is -3.16. The van der Waals surface area contributed by atoms with Crippen molar-refractivity contribution in [3.63, 3.8) is 0 Å². The van der Waals surface area contributed by atoms with Crippen molar-refractivity contribution < 1.29 is 18.4 Å². The van der Waals surface area contributed by atoms with Crippen molar-refractivity contribution in [3.8, 4) is 5.75 Å². The normalized spacial score (nSPS) is 10.6. The fourth-order valence-electron chi connectivity index (χ4n) is 1.97. The summed E-state index contributed by atoms with van der Waals surface area (Å²) < 4.78 is 15.2. The van der Waals surface area contributed by atoms with Crippen LogP contribution in [0.5, 0.6) is 5.75 Å². The number of aromatic nitrogens is 2.